The summed E-state index contributed by atoms with van der Waals surface area (Å²) in [5, 5.41) is 2.77. The molecule has 0 aromatic rings. The highest BCUT2D eigenvalue weighted by Gasteiger charge is 2.42. The van der Waals surface area contributed by atoms with E-state index in [4.69, 9.17) is 4.74 Å². The van der Waals surface area contributed by atoms with Crippen molar-refractivity contribution in [1.82, 2.24) is 5.32 Å². The second-order valence-corrected chi connectivity index (χ2v) is 3.33. The summed E-state index contributed by atoms with van der Waals surface area (Å²) in [6, 6.07) is 0.118. The van der Waals surface area contributed by atoms with E-state index in [-0.39, 0.29) is 24.0 Å². The van der Waals surface area contributed by atoms with Crippen molar-refractivity contribution in [3.63, 3.8) is 0 Å². The van der Waals surface area contributed by atoms with Gasteiger partial charge in [0, 0.05) is 19.6 Å². The van der Waals surface area contributed by atoms with E-state index in [0.717, 1.165) is 6.29 Å². The van der Waals surface area contributed by atoms with Gasteiger partial charge in [-0.1, -0.05) is 0 Å². The molecule has 0 aliphatic carbocycles. The van der Waals surface area contributed by atoms with Crippen molar-refractivity contribution < 1.29 is 14.3 Å². The summed E-state index contributed by atoms with van der Waals surface area (Å²) in [5.41, 5.74) is 0. The van der Waals surface area contributed by atoms with Crippen LogP contribution in [0.15, 0.2) is 0 Å². The predicted octanol–water partition coefficient (Wildman–Crippen LogP) is 0.115. The molecular weight excluding hydrogens is 170 g/mol. The maximum atomic E-state index is 11.1. The summed E-state index contributed by atoms with van der Waals surface area (Å²) >= 11 is 0. The molecule has 4 heteroatoms. The maximum absolute atomic E-state index is 11.1. The van der Waals surface area contributed by atoms with Crippen LogP contribution in [0.2, 0.25) is 0 Å². The third kappa shape index (κ3) is 2.06. The Hall–Kier alpha value is -0.900. The zero-order valence-electron chi connectivity index (χ0n) is 7.95. The normalized spacial score (nSPS) is 28.9. The summed E-state index contributed by atoms with van der Waals surface area (Å²) < 4.78 is 5.09. The van der Waals surface area contributed by atoms with Crippen LogP contribution in [0.4, 0.5) is 0 Å². The van der Waals surface area contributed by atoms with Gasteiger partial charge in [-0.15, -0.1) is 0 Å². The van der Waals surface area contributed by atoms with E-state index in [2.05, 4.69) is 5.32 Å². The van der Waals surface area contributed by atoms with Gasteiger partial charge in [0.15, 0.2) is 0 Å². The van der Waals surface area contributed by atoms with Crippen LogP contribution in [0.1, 0.15) is 19.8 Å². The zero-order valence-corrected chi connectivity index (χ0v) is 7.95. The molecule has 3 unspecified atom stereocenters. The van der Waals surface area contributed by atoms with E-state index >= 15 is 0 Å². The van der Waals surface area contributed by atoms with Gasteiger partial charge in [0.05, 0.1) is 12.0 Å². The molecule has 1 saturated heterocycles. The lowest BCUT2D eigenvalue weighted by atomic mass is 9.83. The van der Waals surface area contributed by atoms with Gasteiger partial charge in [0.2, 0.25) is 5.91 Å². The number of nitrogens with one attached hydrogen (secondary N) is 1. The van der Waals surface area contributed by atoms with Crippen LogP contribution in [0, 0.1) is 5.92 Å². The topological polar surface area (TPSA) is 55.4 Å². The van der Waals surface area contributed by atoms with Crippen molar-refractivity contribution in [3.05, 3.63) is 0 Å². The fraction of sp³-hybridized carbons (Fsp3) is 0.778. The average Bonchev–Trinajstić information content (AvgIpc) is 2.11. The molecule has 0 aromatic heterocycles. The maximum Gasteiger partial charge on any atom is 0.228 e. The van der Waals surface area contributed by atoms with Gasteiger partial charge in [0.1, 0.15) is 6.29 Å². The fourth-order valence-corrected chi connectivity index (χ4v) is 1.64. The molecule has 1 aliphatic rings. The van der Waals surface area contributed by atoms with Crippen molar-refractivity contribution in [2.24, 2.45) is 5.92 Å². The molecule has 1 amide bonds. The monoisotopic (exact) mass is 185 g/mol. The molecule has 4 nitrogen and oxygen atoms in total. The van der Waals surface area contributed by atoms with Crippen LogP contribution < -0.4 is 5.32 Å². The van der Waals surface area contributed by atoms with E-state index < -0.39 is 0 Å². The zero-order chi connectivity index (χ0) is 9.84. The van der Waals surface area contributed by atoms with Gasteiger partial charge >= 0.3 is 0 Å². The van der Waals surface area contributed by atoms with Crippen LogP contribution in [0.5, 0.6) is 0 Å². The molecule has 1 heterocycles. The molecule has 3 atom stereocenters. The minimum atomic E-state index is -0.0788. The highest BCUT2D eigenvalue weighted by atomic mass is 16.5. The lowest BCUT2D eigenvalue weighted by molar-refractivity contribution is -0.142. The first kappa shape index (κ1) is 10.2. The number of methoxy groups -OCH3 is 1. The molecular formula is C9H15NO3. The van der Waals surface area contributed by atoms with Gasteiger partial charge in [-0.2, -0.15) is 0 Å². The quantitative estimate of drug-likeness (QED) is 0.488. The van der Waals surface area contributed by atoms with Gasteiger partial charge in [-0.3, -0.25) is 4.79 Å². The molecule has 1 N–H and O–H groups in total. The molecule has 74 valence electrons. The smallest absolute Gasteiger partial charge is 0.228 e. The number of carbonyl (C=O) groups is 2. The van der Waals surface area contributed by atoms with Crippen molar-refractivity contribution in [1.29, 1.82) is 0 Å². The lowest BCUT2D eigenvalue weighted by Gasteiger charge is -2.39. The standard InChI is InChI=1S/C9H15NO3/c1-6(13-2)8-7(4-3-5-11)10-9(8)12/h5-8H,3-4H2,1-2H3,(H,10,12). The first-order chi connectivity index (χ1) is 6.20. The van der Waals surface area contributed by atoms with Gasteiger partial charge < -0.3 is 14.8 Å². The van der Waals surface area contributed by atoms with Crippen LogP contribution >= 0.6 is 0 Å². The Morgan fingerprint density at radius 1 is 1.69 bits per heavy atom. The second kappa shape index (κ2) is 4.37. The number of ether oxygens (including phenoxy) is 1. The van der Waals surface area contributed by atoms with E-state index in [1.807, 2.05) is 6.92 Å². The SMILES string of the molecule is COC(C)C1C(=O)NC1CCC=O. The number of aldehydes is 1. The van der Waals surface area contributed by atoms with Crippen LogP contribution in [-0.2, 0) is 14.3 Å². The summed E-state index contributed by atoms with van der Waals surface area (Å²) in [4.78, 5) is 21.3. The van der Waals surface area contributed by atoms with Gasteiger partial charge in [0.25, 0.3) is 0 Å². The molecule has 13 heavy (non-hydrogen) atoms. The number of β-lactam (4-membered cyclic amide) rings is 1. The number of carbonyl (C=O) groups excluding carboxylic acids is 2. The summed E-state index contributed by atoms with van der Waals surface area (Å²) in [5.74, 6) is -0.0461. The number of amides is 1. The van der Waals surface area contributed by atoms with E-state index in [1.54, 1.807) is 7.11 Å². The first-order valence-corrected chi connectivity index (χ1v) is 4.47. The minimum Gasteiger partial charge on any atom is -0.381 e. The van der Waals surface area contributed by atoms with Crippen molar-refractivity contribution in [2.45, 2.75) is 31.9 Å². The Morgan fingerprint density at radius 3 is 2.85 bits per heavy atom. The van der Waals surface area contributed by atoms with Crippen LogP contribution in [0.25, 0.3) is 0 Å². The molecule has 1 fully saturated rings. The van der Waals surface area contributed by atoms with Crippen molar-refractivity contribution in [3.8, 4) is 0 Å². The van der Waals surface area contributed by atoms with E-state index in [9.17, 15) is 9.59 Å². The average molecular weight is 185 g/mol. The van der Waals surface area contributed by atoms with Crippen molar-refractivity contribution >= 4 is 12.2 Å². The Kier molecular flexibility index (Phi) is 3.42. The van der Waals surface area contributed by atoms with E-state index in [0.29, 0.717) is 12.8 Å². The third-order valence-corrected chi connectivity index (χ3v) is 2.54. The van der Waals surface area contributed by atoms with Gasteiger partial charge in [-0.05, 0) is 13.3 Å². The summed E-state index contributed by atoms with van der Waals surface area (Å²) in [6.45, 7) is 1.87. The summed E-state index contributed by atoms with van der Waals surface area (Å²) in [6.07, 6.45) is 2.02. The highest BCUT2D eigenvalue weighted by Crippen LogP contribution is 2.23. The molecule has 0 radical (unpaired) electrons. The number of hydrogen-bond donors (Lipinski definition) is 1. The van der Waals surface area contributed by atoms with E-state index in [1.165, 1.54) is 0 Å². The lowest BCUT2D eigenvalue weighted by Crippen LogP contribution is -2.62. The number of rotatable bonds is 5. The molecule has 0 saturated carbocycles. The molecule has 0 aromatic carbocycles. The van der Waals surface area contributed by atoms with Crippen LogP contribution in [0.3, 0.4) is 0 Å². The van der Waals surface area contributed by atoms with Crippen molar-refractivity contribution in [2.75, 3.05) is 7.11 Å². The first-order valence-electron chi connectivity index (χ1n) is 4.47. The minimum absolute atomic E-state index is 0.0326. The summed E-state index contributed by atoms with van der Waals surface area (Å²) in [7, 11) is 1.59. The Bertz CT molecular complexity index is 205. The number of hydrogen-bond acceptors (Lipinski definition) is 3. The third-order valence-electron chi connectivity index (χ3n) is 2.54. The predicted molar refractivity (Wildman–Crippen MR) is 47.2 cm³/mol. The largest absolute Gasteiger partial charge is 0.381 e. The Balaban J connectivity index is 2.41. The van der Waals surface area contributed by atoms with Gasteiger partial charge in [-0.25, -0.2) is 0 Å². The molecule has 1 rings (SSSR count). The Morgan fingerprint density at radius 2 is 2.38 bits per heavy atom. The van der Waals surface area contributed by atoms with Crippen LogP contribution in [-0.4, -0.2) is 31.4 Å². The Labute approximate surface area is 77.6 Å². The second-order valence-electron chi connectivity index (χ2n) is 3.33. The molecule has 0 spiro atoms. The molecule has 1 aliphatic heterocycles. The highest BCUT2D eigenvalue weighted by molar-refractivity contribution is 5.86. The molecule has 0 bridgehead atoms. The fourth-order valence-electron chi connectivity index (χ4n) is 1.64.